The fourth-order valence-electron chi connectivity index (χ4n) is 5.66. The summed E-state index contributed by atoms with van der Waals surface area (Å²) >= 11 is 0. The van der Waals surface area contributed by atoms with Crippen molar-refractivity contribution in [3.8, 4) is 0 Å². The fourth-order valence-corrected chi connectivity index (χ4v) is 5.66. The van der Waals surface area contributed by atoms with E-state index in [0.717, 1.165) is 72.1 Å². The van der Waals surface area contributed by atoms with Crippen molar-refractivity contribution in [2.75, 3.05) is 40.7 Å². The van der Waals surface area contributed by atoms with E-state index in [0.29, 0.717) is 0 Å². The van der Waals surface area contributed by atoms with Crippen LogP contribution in [0.4, 0.5) is 44.2 Å². The summed E-state index contributed by atoms with van der Waals surface area (Å²) in [5.41, 5.74) is 19.5. The third-order valence-corrected chi connectivity index (χ3v) is 7.97. The molecule has 7 aromatic carbocycles. The molecule has 0 saturated carbocycles. The zero-order chi connectivity index (χ0) is 31.5. The third-order valence-electron chi connectivity index (χ3n) is 7.97. The van der Waals surface area contributed by atoms with Crippen LogP contribution in [-0.4, -0.2) is 14.1 Å². The SMILES string of the molecule is CN(C)c1ccc(/N=N/c2ccc(NNc3ccc(NNc4ccc(F)cc4)c4ccccc34)c3ccccc23)c2ccccc12. The molecule has 7 aromatic rings. The van der Waals surface area contributed by atoms with Gasteiger partial charge in [0, 0.05) is 52.1 Å². The van der Waals surface area contributed by atoms with Crippen LogP contribution in [0.25, 0.3) is 32.3 Å². The van der Waals surface area contributed by atoms with Crippen LogP contribution in [0.3, 0.4) is 0 Å². The maximum atomic E-state index is 13.3. The molecule has 0 aliphatic rings. The van der Waals surface area contributed by atoms with Crippen LogP contribution >= 0.6 is 0 Å². The Kier molecular flexibility index (Phi) is 7.75. The molecule has 0 aliphatic heterocycles. The Morgan fingerprint density at radius 2 is 0.848 bits per heavy atom. The number of hydrazine groups is 2. The molecule has 0 unspecified atom stereocenters. The van der Waals surface area contributed by atoms with E-state index in [1.165, 1.54) is 12.1 Å². The molecule has 7 rings (SSSR count). The normalized spacial score (nSPS) is 11.3. The van der Waals surface area contributed by atoms with Crippen LogP contribution in [0.2, 0.25) is 0 Å². The lowest BCUT2D eigenvalue weighted by molar-refractivity contribution is 0.628. The Bertz CT molecular complexity index is 2210. The molecular formula is C38H32FN7. The van der Waals surface area contributed by atoms with E-state index >= 15 is 0 Å². The maximum Gasteiger partial charge on any atom is 0.123 e. The summed E-state index contributed by atoms with van der Waals surface area (Å²) in [7, 11) is 4.09. The molecule has 0 heterocycles. The molecule has 0 aromatic heterocycles. The van der Waals surface area contributed by atoms with Gasteiger partial charge in [-0.25, -0.2) is 4.39 Å². The molecule has 46 heavy (non-hydrogen) atoms. The average molecular weight is 606 g/mol. The lowest BCUT2D eigenvalue weighted by Crippen LogP contribution is -2.11. The molecule has 226 valence electrons. The van der Waals surface area contributed by atoms with Gasteiger partial charge in [0.15, 0.2) is 0 Å². The van der Waals surface area contributed by atoms with Crippen molar-refractivity contribution in [2.24, 2.45) is 10.2 Å². The third kappa shape index (κ3) is 5.71. The van der Waals surface area contributed by atoms with Crippen LogP contribution < -0.4 is 26.6 Å². The molecule has 0 fully saturated rings. The second-order valence-corrected chi connectivity index (χ2v) is 11.1. The zero-order valence-corrected chi connectivity index (χ0v) is 25.4. The van der Waals surface area contributed by atoms with Gasteiger partial charge in [0.05, 0.1) is 34.1 Å². The van der Waals surface area contributed by atoms with E-state index in [-0.39, 0.29) is 5.82 Å². The number of fused-ring (bicyclic) bond motifs is 3. The van der Waals surface area contributed by atoms with Crippen LogP contribution in [0, 0.1) is 5.82 Å². The minimum atomic E-state index is -0.273. The Balaban J connectivity index is 1.14. The molecule has 7 nitrogen and oxygen atoms in total. The Labute approximate surface area is 266 Å². The van der Waals surface area contributed by atoms with Crippen LogP contribution in [-0.2, 0) is 0 Å². The predicted octanol–water partition coefficient (Wildman–Crippen LogP) is 10.6. The number of hydrogen-bond donors (Lipinski definition) is 4. The Morgan fingerprint density at radius 1 is 0.435 bits per heavy atom. The molecule has 0 radical (unpaired) electrons. The molecule has 0 aliphatic carbocycles. The lowest BCUT2D eigenvalue weighted by atomic mass is 10.1. The summed E-state index contributed by atoms with van der Waals surface area (Å²) in [5.74, 6) is -0.273. The molecule has 8 heteroatoms. The van der Waals surface area contributed by atoms with Gasteiger partial charge in [0.25, 0.3) is 0 Å². The summed E-state index contributed by atoms with van der Waals surface area (Å²) in [6.45, 7) is 0. The molecule has 0 saturated heterocycles. The lowest BCUT2D eigenvalue weighted by Gasteiger charge is -2.17. The highest BCUT2D eigenvalue weighted by Gasteiger charge is 2.10. The largest absolute Gasteiger partial charge is 0.377 e. The summed E-state index contributed by atoms with van der Waals surface area (Å²) < 4.78 is 13.3. The number of halogens is 1. The van der Waals surface area contributed by atoms with Gasteiger partial charge in [-0.15, -0.1) is 10.2 Å². The first-order valence-corrected chi connectivity index (χ1v) is 15.0. The van der Waals surface area contributed by atoms with Crippen LogP contribution in [0.1, 0.15) is 0 Å². The minimum Gasteiger partial charge on any atom is -0.377 e. The van der Waals surface area contributed by atoms with E-state index in [1.807, 2.05) is 80.8 Å². The number of hydrogen-bond acceptors (Lipinski definition) is 7. The van der Waals surface area contributed by atoms with Crippen molar-refractivity contribution in [3.63, 3.8) is 0 Å². The van der Waals surface area contributed by atoms with Crippen LogP contribution in [0.5, 0.6) is 0 Å². The highest BCUT2D eigenvalue weighted by molar-refractivity contribution is 6.04. The molecule has 0 atom stereocenters. The van der Waals surface area contributed by atoms with Gasteiger partial charge in [-0.1, -0.05) is 72.8 Å². The van der Waals surface area contributed by atoms with Crippen molar-refractivity contribution in [3.05, 3.63) is 139 Å². The zero-order valence-electron chi connectivity index (χ0n) is 25.4. The van der Waals surface area contributed by atoms with Crippen LogP contribution in [0.15, 0.2) is 144 Å². The smallest absolute Gasteiger partial charge is 0.123 e. The van der Waals surface area contributed by atoms with E-state index in [1.54, 1.807) is 12.1 Å². The van der Waals surface area contributed by atoms with Crippen molar-refractivity contribution < 1.29 is 4.39 Å². The second-order valence-electron chi connectivity index (χ2n) is 11.1. The number of anilines is 5. The molecule has 4 N–H and O–H groups in total. The average Bonchev–Trinajstić information content (AvgIpc) is 3.09. The first kappa shape index (κ1) is 28.6. The first-order valence-electron chi connectivity index (χ1n) is 15.0. The van der Waals surface area contributed by atoms with Gasteiger partial charge in [0.2, 0.25) is 0 Å². The summed E-state index contributed by atoms with van der Waals surface area (Å²) in [4.78, 5) is 2.11. The van der Waals surface area contributed by atoms with E-state index in [2.05, 4.69) is 69.1 Å². The summed E-state index contributed by atoms with van der Waals surface area (Å²) in [6, 6.07) is 42.9. The van der Waals surface area contributed by atoms with Gasteiger partial charge >= 0.3 is 0 Å². The van der Waals surface area contributed by atoms with E-state index in [4.69, 9.17) is 10.2 Å². The topological polar surface area (TPSA) is 76.1 Å². The van der Waals surface area contributed by atoms with Gasteiger partial charge in [-0.05, 0) is 60.7 Å². The van der Waals surface area contributed by atoms with Gasteiger partial charge in [-0.2, -0.15) is 0 Å². The Hall–Kier alpha value is -6.15. The van der Waals surface area contributed by atoms with Crippen molar-refractivity contribution in [1.29, 1.82) is 0 Å². The Morgan fingerprint density at radius 3 is 1.39 bits per heavy atom. The molecular weight excluding hydrogens is 573 g/mol. The maximum absolute atomic E-state index is 13.3. The fraction of sp³-hybridized carbons (Fsp3) is 0.0526. The molecule has 0 amide bonds. The monoisotopic (exact) mass is 605 g/mol. The van der Waals surface area contributed by atoms with E-state index in [9.17, 15) is 4.39 Å². The van der Waals surface area contributed by atoms with Crippen molar-refractivity contribution in [1.82, 2.24) is 0 Å². The van der Waals surface area contributed by atoms with E-state index < -0.39 is 0 Å². The minimum absolute atomic E-state index is 0.273. The van der Waals surface area contributed by atoms with Gasteiger partial charge in [0.1, 0.15) is 5.82 Å². The molecule has 0 spiro atoms. The van der Waals surface area contributed by atoms with Gasteiger partial charge in [-0.3, -0.25) is 0 Å². The highest BCUT2D eigenvalue weighted by atomic mass is 19.1. The van der Waals surface area contributed by atoms with Gasteiger partial charge < -0.3 is 26.6 Å². The number of nitrogens with one attached hydrogen (secondary N) is 4. The summed E-state index contributed by atoms with van der Waals surface area (Å²) in [6.07, 6.45) is 0. The molecule has 0 bridgehead atoms. The van der Waals surface area contributed by atoms with Crippen molar-refractivity contribution in [2.45, 2.75) is 0 Å². The number of nitrogens with zero attached hydrogens (tertiary/aromatic N) is 3. The highest BCUT2D eigenvalue weighted by Crippen LogP contribution is 2.37. The number of benzene rings is 7. The summed E-state index contributed by atoms with van der Waals surface area (Å²) in [5, 5.41) is 15.7. The second kappa shape index (κ2) is 12.5. The van der Waals surface area contributed by atoms with Crippen molar-refractivity contribution >= 4 is 72.1 Å². The first-order chi connectivity index (χ1) is 22.5. The number of azo groups is 1. The standard InChI is InChI=1S/C38H32FN7/c1-46(2)38-24-23-37(31-13-7-8-14-32(31)38)45-44-36-22-21-35(29-11-5-6-12-30(29)36)43-42-34-20-19-33(27-9-3-4-10-28(27)34)41-40-26-17-15-25(39)16-18-26/h3-24,40-43H,1-2H3/b45-44+. The quantitative estimate of drug-likeness (QED) is 0.0973. The number of rotatable bonds is 9. The predicted molar refractivity (Wildman–Crippen MR) is 191 cm³/mol.